The zero-order valence-electron chi connectivity index (χ0n) is 16.3. The van der Waals surface area contributed by atoms with E-state index in [9.17, 15) is 14.0 Å². The molecular formula is C23H19FN2O4. The first-order valence-corrected chi connectivity index (χ1v) is 9.82. The number of carbonyl (C=O) groups excluding carboxylic acids is 1. The maximum Gasteiger partial charge on any atom is 0.337 e. The standard InChI is InChI=1S/C23H19FN2O4/c1-2-29-14-4-5-15-17(11-22(27)30-21(15)10-14)23(28)26-8-7-20-18(12-26)16-9-13(24)3-6-19(16)25-20/h3-6,9-11,25H,2,7-8,12H2,1H3. The van der Waals surface area contributed by atoms with E-state index < -0.39 is 5.63 Å². The third-order valence-corrected chi connectivity index (χ3v) is 5.48. The molecule has 0 aliphatic carbocycles. The zero-order chi connectivity index (χ0) is 20.8. The molecule has 4 aromatic rings. The number of nitrogens with zero attached hydrogens (tertiary/aromatic N) is 1. The van der Waals surface area contributed by atoms with Crippen LogP contribution >= 0.6 is 0 Å². The highest BCUT2D eigenvalue weighted by Gasteiger charge is 2.26. The van der Waals surface area contributed by atoms with Crippen molar-refractivity contribution in [2.45, 2.75) is 19.9 Å². The predicted octanol–water partition coefficient (Wildman–Crippen LogP) is 4.01. The number of fused-ring (bicyclic) bond motifs is 4. The minimum absolute atomic E-state index is 0.256. The highest BCUT2D eigenvalue weighted by Crippen LogP contribution is 2.30. The Bertz CT molecular complexity index is 1350. The summed E-state index contributed by atoms with van der Waals surface area (Å²) in [5.41, 5.74) is 2.78. The largest absolute Gasteiger partial charge is 0.494 e. The topological polar surface area (TPSA) is 75.5 Å². The number of H-pyrrole nitrogens is 1. The van der Waals surface area contributed by atoms with Gasteiger partial charge in [-0.3, -0.25) is 4.79 Å². The van der Waals surface area contributed by atoms with Gasteiger partial charge in [0.15, 0.2) is 0 Å². The molecule has 0 unspecified atom stereocenters. The molecule has 0 fully saturated rings. The molecule has 1 aliphatic heterocycles. The van der Waals surface area contributed by atoms with Crippen LogP contribution < -0.4 is 10.4 Å². The lowest BCUT2D eigenvalue weighted by Gasteiger charge is -2.27. The summed E-state index contributed by atoms with van der Waals surface area (Å²) in [6.45, 7) is 3.19. The van der Waals surface area contributed by atoms with Gasteiger partial charge in [-0.1, -0.05) is 0 Å². The fraction of sp³-hybridized carbons (Fsp3) is 0.217. The van der Waals surface area contributed by atoms with Crippen molar-refractivity contribution < 1.29 is 18.3 Å². The molecule has 5 rings (SSSR count). The van der Waals surface area contributed by atoms with E-state index in [0.29, 0.717) is 48.4 Å². The lowest BCUT2D eigenvalue weighted by Crippen LogP contribution is -2.36. The van der Waals surface area contributed by atoms with Crippen molar-refractivity contribution in [2.24, 2.45) is 0 Å². The average Bonchev–Trinajstić information content (AvgIpc) is 3.09. The van der Waals surface area contributed by atoms with Gasteiger partial charge in [-0.2, -0.15) is 0 Å². The molecule has 1 aliphatic rings. The molecule has 152 valence electrons. The molecule has 30 heavy (non-hydrogen) atoms. The quantitative estimate of drug-likeness (QED) is 0.522. The van der Waals surface area contributed by atoms with Crippen LogP contribution in [0.2, 0.25) is 0 Å². The third-order valence-electron chi connectivity index (χ3n) is 5.48. The van der Waals surface area contributed by atoms with E-state index in [-0.39, 0.29) is 11.7 Å². The minimum atomic E-state index is -0.591. The first kappa shape index (κ1) is 18.4. The predicted molar refractivity (Wildman–Crippen MR) is 110 cm³/mol. The average molecular weight is 406 g/mol. The van der Waals surface area contributed by atoms with Crippen molar-refractivity contribution in [3.8, 4) is 5.75 Å². The van der Waals surface area contributed by atoms with Gasteiger partial charge in [0.1, 0.15) is 17.1 Å². The summed E-state index contributed by atoms with van der Waals surface area (Å²) in [6, 6.07) is 10.9. The molecule has 2 aromatic heterocycles. The Kier molecular flexibility index (Phi) is 4.31. The molecule has 1 amide bonds. The van der Waals surface area contributed by atoms with Crippen molar-refractivity contribution >= 4 is 27.8 Å². The van der Waals surface area contributed by atoms with Crippen LogP contribution in [-0.4, -0.2) is 28.9 Å². The first-order chi connectivity index (χ1) is 14.5. The zero-order valence-corrected chi connectivity index (χ0v) is 16.3. The second-order valence-corrected chi connectivity index (χ2v) is 7.32. The second-order valence-electron chi connectivity index (χ2n) is 7.32. The van der Waals surface area contributed by atoms with Crippen LogP contribution in [0, 0.1) is 5.82 Å². The molecule has 6 nitrogen and oxygen atoms in total. The molecule has 7 heteroatoms. The van der Waals surface area contributed by atoms with Crippen LogP contribution in [-0.2, 0) is 13.0 Å². The van der Waals surface area contributed by atoms with Crippen molar-refractivity contribution in [1.82, 2.24) is 9.88 Å². The molecule has 1 N–H and O–H groups in total. The van der Waals surface area contributed by atoms with Crippen molar-refractivity contribution in [3.63, 3.8) is 0 Å². The van der Waals surface area contributed by atoms with Crippen molar-refractivity contribution in [2.75, 3.05) is 13.2 Å². The summed E-state index contributed by atoms with van der Waals surface area (Å²) in [5.74, 6) is -0.000778. The van der Waals surface area contributed by atoms with E-state index in [2.05, 4.69) is 4.98 Å². The Morgan fingerprint density at radius 1 is 1.20 bits per heavy atom. The van der Waals surface area contributed by atoms with Gasteiger partial charge in [-0.15, -0.1) is 0 Å². The van der Waals surface area contributed by atoms with Gasteiger partial charge in [-0.05, 0) is 37.3 Å². The summed E-state index contributed by atoms with van der Waals surface area (Å²) in [7, 11) is 0. The van der Waals surface area contributed by atoms with Crippen molar-refractivity contribution in [1.29, 1.82) is 0 Å². The van der Waals surface area contributed by atoms with Gasteiger partial charge in [0, 0.05) is 59.2 Å². The number of ether oxygens (including phenoxy) is 1. The number of carbonyl (C=O) groups is 1. The molecule has 0 spiro atoms. The lowest BCUT2D eigenvalue weighted by molar-refractivity contribution is 0.0736. The van der Waals surface area contributed by atoms with Crippen LogP contribution in [0.15, 0.2) is 51.7 Å². The minimum Gasteiger partial charge on any atom is -0.494 e. The van der Waals surface area contributed by atoms with E-state index in [4.69, 9.17) is 9.15 Å². The summed E-state index contributed by atoms with van der Waals surface area (Å²) in [5, 5.41) is 1.33. The smallest absolute Gasteiger partial charge is 0.337 e. The van der Waals surface area contributed by atoms with Crippen LogP contribution in [0.3, 0.4) is 0 Å². The molecule has 0 saturated carbocycles. The fourth-order valence-electron chi connectivity index (χ4n) is 4.11. The molecule has 0 bridgehead atoms. The van der Waals surface area contributed by atoms with Crippen LogP contribution in [0.1, 0.15) is 28.5 Å². The number of rotatable bonds is 3. The van der Waals surface area contributed by atoms with E-state index in [1.54, 1.807) is 29.2 Å². The Morgan fingerprint density at radius 2 is 2.07 bits per heavy atom. The maximum absolute atomic E-state index is 13.8. The summed E-state index contributed by atoms with van der Waals surface area (Å²) < 4.78 is 24.5. The first-order valence-electron chi connectivity index (χ1n) is 9.82. The number of nitrogens with one attached hydrogen (secondary N) is 1. The van der Waals surface area contributed by atoms with Gasteiger partial charge < -0.3 is 19.0 Å². The van der Waals surface area contributed by atoms with Crippen LogP contribution in [0.4, 0.5) is 4.39 Å². The van der Waals surface area contributed by atoms with E-state index in [0.717, 1.165) is 22.2 Å². The summed E-state index contributed by atoms with van der Waals surface area (Å²) in [6.07, 6.45) is 0.630. The Morgan fingerprint density at radius 3 is 2.90 bits per heavy atom. The second kappa shape index (κ2) is 7.02. The van der Waals surface area contributed by atoms with E-state index in [1.807, 2.05) is 6.92 Å². The molecular weight excluding hydrogens is 387 g/mol. The van der Waals surface area contributed by atoms with Gasteiger partial charge in [0.05, 0.1) is 12.2 Å². The molecule has 0 radical (unpaired) electrons. The summed E-state index contributed by atoms with van der Waals surface area (Å²) >= 11 is 0. The highest BCUT2D eigenvalue weighted by molar-refractivity contribution is 6.06. The van der Waals surface area contributed by atoms with E-state index in [1.165, 1.54) is 18.2 Å². The van der Waals surface area contributed by atoms with Gasteiger partial charge in [0.2, 0.25) is 0 Å². The Hall–Kier alpha value is -3.61. The number of halogens is 1. The number of hydrogen-bond donors (Lipinski definition) is 1. The Labute approximate surface area is 170 Å². The molecule has 0 saturated heterocycles. The van der Waals surface area contributed by atoms with Gasteiger partial charge >= 0.3 is 5.63 Å². The van der Waals surface area contributed by atoms with Gasteiger partial charge in [0.25, 0.3) is 5.91 Å². The normalized spacial score (nSPS) is 13.6. The monoisotopic (exact) mass is 406 g/mol. The van der Waals surface area contributed by atoms with Crippen LogP contribution in [0.25, 0.3) is 21.9 Å². The van der Waals surface area contributed by atoms with Crippen LogP contribution in [0.5, 0.6) is 5.75 Å². The van der Waals surface area contributed by atoms with Gasteiger partial charge in [-0.25, -0.2) is 9.18 Å². The number of aromatic amines is 1. The summed E-state index contributed by atoms with van der Waals surface area (Å²) in [4.78, 5) is 30.4. The lowest BCUT2D eigenvalue weighted by atomic mass is 10.0. The third kappa shape index (κ3) is 3.03. The maximum atomic E-state index is 13.8. The number of hydrogen-bond acceptors (Lipinski definition) is 4. The van der Waals surface area contributed by atoms with Crippen molar-refractivity contribution in [3.05, 3.63) is 75.5 Å². The molecule has 2 aromatic carbocycles. The molecule has 3 heterocycles. The van der Waals surface area contributed by atoms with E-state index >= 15 is 0 Å². The highest BCUT2D eigenvalue weighted by atomic mass is 19.1. The Balaban J connectivity index is 1.54. The fourth-order valence-corrected chi connectivity index (χ4v) is 4.11. The number of benzene rings is 2. The SMILES string of the molecule is CCOc1ccc2c(C(=O)N3CCc4[nH]c5ccc(F)cc5c4C3)cc(=O)oc2c1. The number of amides is 1. The molecule has 0 atom stereocenters. The number of aromatic nitrogens is 1.